The van der Waals surface area contributed by atoms with E-state index in [-0.39, 0.29) is 17.2 Å². The van der Waals surface area contributed by atoms with Gasteiger partial charge in [-0.2, -0.15) is 0 Å². The first kappa shape index (κ1) is 21.2. The summed E-state index contributed by atoms with van der Waals surface area (Å²) in [6.45, 7) is 4.35. The SMILES string of the molecule is COC(O)(C(=S)CN)N1CCN(Cc2cncn2CC2=CC=C(F)CC2)CC1. The summed E-state index contributed by atoms with van der Waals surface area (Å²) < 4.78 is 20.6. The molecule has 0 bridgehead atoms. The number of hydrogen-bond acceptors (Lipinski definition) is 7. The maximum atomic E-state index is 13.2. The molecule has 9 heteroatoms. The van der Waals surface area contributed by atoms with Crippen LogP contribution in [0.1, 0.15) is 18.5 Å². The number of halogens is 1. The molecular weight excluding hydrogens is 381 g/mol. The molecular formula is C19H28FN5O2S. The van der Waals surface area contributed by atoms with E-state index in [4.69, 9.17) is 22.7 Å². The summed E-state index contributed by atoms with van der Waals surface area (Å²) in [5.74, 6) is -1.65. The molecule has 3 rings (SSSR count). The van der Waals surface area contributed by atoms with Gasteiger partial charge in [-0.3, -0.25) is 4.90 Å². The van der Waals surface area contributed by atoms with Gasteiger partial charge in [-0.15, -0.1) is 0 Å². The number of piperazine rings is 1. The third-order valence-electron chi connectivity index (χ3n) is 5.38. The highest BCUT2D eigenvalue weighted by molar-refractivity contribution is 7.80. The summed E-state index contributed by atoms with van der Waals surface area (Å²) in [6, 6.07) is 0. The van der Waals surface area contributed by atoms with E-state index in [2.05, 4.69) is 14.5 Å². The molecule has 1 aromatic heterocycles. The number of nitrogens with zero attached hydrogens (tertiary/aromatic N) is 4. The average Bonchev–Trinajstić information content (AvgIpc) is 3.15. The van der Waals surface area contributed by atoms with E-state index in [0.29, 0.717) is 19.5 Å². The molecule has 0 radical (unpaired) electrons. The summed E-state index contributed by atoms with van der Waals surface area (Å²) >= 11 is 5.20. The quantitative estimate of drug-likeness (QED) is 0.493. The van der Waals surface area contributed by atoms with Crippen LogP contribution in [0.25, 0.3) is 0 Å². The van der Waals surface area contributed by atoms with Crippen LogP contribution in [0.3, 0.4) is 0 Å². The standard InChI is InChI=1S/C19H28FN5O2S/c1-27-19(26,18(28)10-21)25-8-6-23(7-9-25)13-17-11-22-14-24(17)12-15-2-4-16(20)5-3-15/h2,4,11,14,26H,3,5-10,12-13,21H2,1H3. The topological polar surface area (TPSA) is 79.8 Å². The van der Waals surface area contributed by atoms with E-state index in [1.807, 2.05) is 23.5 Å². The van der Waals surface area contributed by atoms with Crippen molar-refractivity contribution in [2.45, 2.75) is 31.8 Å². The number of aromatic nitrogens is 2. The summed E-state index contributed by atoms with van der Waals surface area (Å²) in [7, 11) is 1.44. The lowest BCUT2D eigenvalue weighted by molar-refractivity contribution is -0.234. The zero-order valence-electron chi connectivity index (χ0n) is 16.2. The van der Waals surface area contributed by atoms with Gasteiger partial charge in [0.2, 0.25) is 0 Å². The van der Waals surface area contributed by atoms with E-state index in [1.54, 1.807) is 6.08 Å². The Bertz CT molecular complexity index is 757. The molecule has 1 atom stereocenters. The van der Waals surface area contributed by atoms with E-state index in [1.165, 1.54) is 12.7 Å². The van der Waals surface area contributed by atoms with Gasteiger partial charge in [0.15, 0.2) is 0 Å². The second kappa shape index (κ2) is 9.34. The van der Waals surface area contributed by atoms with Crippen molar-refractivity contribution in [1.82, 2.24) is 19.4 Å². The van der Waals surface area contributed by atoms with Gasteiger partial charge in [0, 0.05) is 65.5 Å². The van der Waals surface area contributed by atoms with Crippen LogP contribution in [0.5, 0.6) is 0 Å². The lowest BCUT2D eigenvalue weighted by Gasteiger charge is -2.43. The van der Waals surface area contributed by atoms with Gasteiger partial charge in [0.05, 0.1) is 16.9 Å². The van der Waals surface area contributed by atoms with Gasteiger partial charge >= 0.3 is 0 Å². The fraction of sp³-hybridized carbons (Fsp3) is 0.579. The number of imidazole rings is 1. The van der Waals surface area contributed by atoms with Crippen molar-refractivity contribution in [3.63, 3.8) is 0 Å². The van der Waals surface area contributed by atoms with Gasteiger partial charge in [0.1, 0.15) is 5.83 Å². The molecule has 28 heavy (non-hydrogen) atoms. The van der Waals surface area contributed by atoms with Crippen LogP contribution < -0.4 is 5.73 Å². The van der Waals surface area contributed by atoms with Gasteiger partial charge in [-0.05, 0) is 12.5 Å². The zero-order valence-corrected chi connectivity index (χ0v) is 17.0. The molecule has 0 aromatic carbocycles. The molecule has 2 aliphatic rings. The number of nitrogens with two attached hydrogens (primary N) is 1. The lowest BCUT2D eigenvalue weighted by Crippen LogP contribution is -2.62. The highest BCUT2D eigenvalue weighted by atomic mass is 32.1. The zero-order chi connectivity index (χ0) is 20.1. The Morgan fingerprint density at radius 1 is 1.29 bits per heavy atom. The minimum absolute atomic E-state index is 0.0578. The Balaban J connectivity index is 1.57. The third kappa shape index (κ3) is 4.73. The maximum absolute atomic E-state index is 13.2. The lowest BCUT2D eigenvalue weighted by atomic mass is 10.0. The third-order valence-corrected chi connectivity index (χ3v) is 5.81. The number of ether oxygens (including phenoxy) is 1. The van der Waals surface area contributed by atoms with E-state index in [9.17, 15) is 9.50 Å². The molecule has 0 saturated carbocycles. The van der Waals surface area contributed by atoms with Crippen molar-refractivity contribution >= 4 is 17.1 Å². The number of rotatable bonds is 8. The molecule has 3 N–H and O–H groups in total. The Hall–Kier alpha value is -1.49. The van der Waals surface area contributed by atoms with Crippen molar-refractivity contribution in [3.05, 3.63) is 41.8 Å². The number of methoxy groups -OCH3 is 1. The molecule has 0 amide bonds. The average molecular weight is 410 g/mol. The van der Waals surface area contributed by atoms with Crippen LogP contribution in [-0.4, -0.2) is 75.1 Å². The summed E-state index contributed by atoms with van der Waals surface area (Å²) in [5, 5.41) is 10.7. The van der Waals surface area contributed by atoms with Crippen molar-refractivity contribution in [1.29, 1.82) is 0 Å². The van der Waals surface area contributed by atoms with E-state index < -0.39 is 5.91 Å². The van der Waals surface area contributed by atoms with Crippen LogP contribution >= 0.6 is 12.2 Å². The van der Waals surface area contributed by atoms with E-state index in [0.717, 1.165) is 38.3 Å². The number of thiocarbonyl (C=S) groups is 1. The van der Waals surface area contributed by atoms with Crippen LogP contribution in [0, 0.1) is 0 Å². The fourth-order valence-corrected chi connectivity index (χ4v) is 3.83. The monoisotopic (exact) mass is 409 g/mol. The summed E-state index contributed by atoms with van der Waals surface area (Å²) in [4.78, 5) is 8.70. The van der Waals surface area contributed by atoms with Gasteiger partial charge in [0.25, 0.3) is 5.91 Å². The van der Waals surface area contributed by atoms with Crippen LogP contribution in [0.4, 0.5) is 4.39 Å². The first-order valence-corrected chi connectivity index (χ1v) is 9.88. The van der Waals surface area contributed by atoms with Crippen molar-refractivity contribution in [2.24, 2.45) is 5.73 Å². The molecule has 2 heterocycles. The molecule has 154 valence electrons. The molecule has 1 unspecified atom stereocenters. The van der Waals surface area contributed by atoms with Crippen LogP contribution in [-0.2, 0) is 17.8 Å². The van der Waals surface area contributed by atoms with Crippen LogP contribution in [0.2, 0.25) is 0 Å². The number of allylic oxidation sites excluding steroid dienone is 4. The molecule has 1 fully saturated rings. The summed E-state index contributed by atoms with van der Waals surface area (Å²) in [5.41, 5.74) is 7.92. The van der Waals surface area contributed by atoms with Gasteiger partial charge in [-0.1, -0.05) is 23.9 Å². The fourth-order valence-electron chi connectivity index (χ4n) is 3.62. The number of hydrogen-bond donors (Lipinski definition) is 2. The molecule has 1 aliphatic carbocycles. The molecule has 0 spiro atoms. The predicted octanol–water partition coefficient (Wildman–Crippen LogP) is 1.20. The Labute approximate surface area is 170 Å². The summed E-state index contributed by atoms with van der Waals surface area (Å²) in [6.07, 6.45) is 8.34. The molecule has 7 nitrogen and oxygen atoms in total. The highest BCUT2D eigenvalue weighted by Gasteiger charge is 2.40. The highest BCUT2D eigenvalue weighted by Crippen LogP contribution is 2.22. The second-order valence-electron chi connectivity index (χ2n) is 7.15. The van der Waals surface area contributed by atoms with Gasteiger partial charge in [-0.25, -0.2) is 14.3 Å². The largest absolute Gasteiger partial charge is 0.349 e. The van der Waals surface area contributed by atoms with Gasteiger partial charge < -0.3 is 20.1 Å². The smallest absolute Gasteiger partial charge is 0.263 e. The Morgan fingerprint density at radius 2 is 2.04 bits per heavy atom. The normalized spacial score (nSPS) is 21.1. The minimum Gasteiger partial charge on any atom is -0.349 e. The van der Waals surface area contributed by atoms with Crippen molar-refractivity contribution in [3.8, 4) is 0 Å². The Morgan fingerprint density at radius 3 is 2.64 bits per heavy atom. The predicted molar refractivity (Wildman–Crippen MR) is 109 cm³/mol. The first-order chi connectivity index (χ1) is 13.5. The Kier molecular flexibility index (Phi) is 7.08. The minimum atomic E-state index is -1.59. The van der Waals surface area contributed by atoms with Crippen molar-refractivity contribution < 1.29 is 14.2 Å². The van der Waals surface area contributed by atoms with Crippen LogP contribution in [0.15, 0.2) is 36.1 Å². The number of aliphatic hydroxyl groups is 1. The maximum Gasteiger partial charge on any atom is 0.263 e. The molecule has 1 aliphatic heterocycles. The molecule has 1 saturated heterocycles. The van der Waals surface area contributed by atoms with E-state index >= 15 is 0 Å². The first-order valence-electron chi connectivity index (χ1n) is 9.47. The van der Waals surface area contributed by atoms with Crippen molar-refractivity contribution in [2.75, 3.05) is 39.8 Å². The molecule has 1 aromatic rings. The second-order valence-corrected chi connectivity index (χ2v) is 7.65.